The van der Waals surface area contributed by atoms with E-state index in [1.54, 1.807) is 34.1 Å². The first-order chi connectivity index (χ1) is 18.5. The van der Waals surface area contributed by atoms with Crippen LogP contribution in [0, 0.1) is 5.92 Å². The molecule has 3 amide bonds. The van der Waals surface area contributed by atoms with Gasteiger partial charge in [0.2, 0.25) is 5.91 Å². The number of amides is 3. The van der Waals surface area contributed by atoms with Gasteiger partial charge in [0.15, 0.2) is 0 Å². The molecule has 8 nitrogen and oxygen atoms in total. The van der Waals surface area contributed by atoms with Crippen LogP contribution in [0.1, 0.15) is 40.1 Å². The summed E-state index contributed by atoms with van der Waals surface area (Å²) in [4.78, 5) is 44.8. The van der Waals surface area contributed by atoms with Gasteiger partial charge in [0.25, 0.3) is 11.8 Å². The Balaban J connectivity index is 1.65. The molecule has 39 heavy (non-hydrogen) atoms. The van der Waals surface area contributed by atoms with Crippen molar-refractivity contribution in [2.24, 2.45) is 5.92 Å². The van der Waals surface area contributed by atoms with Gasteiger partial charge in [-0.1, -0.05) is 32.0 Å². The Morgan fingerprint density at radius 3 is 2.51 bits per heavy atom. The summed E-state index contributed by atoms with van der Waals surface area (Å²) in [6.07, 6.45) is -4.63. The van der Waals surface area contributed by atoms with E-state index in [1.165, 1.54) is 0 Å². The van der Waals surface area contributed by atoms with E-state index in [4.69, 9.17) is 4.74 Å². The number of nitrogens with zero attached hydrogens (tertiary/aromatic N) is 3. The van der Waals surface area contributed by atoms with E-state index in [0.717, 1.165) is 18.2 Å². The predicted molar refractivity (Wildman–Crippen MR) is 138 cm³/mol. The number of hydrogen-bond donors (Lipinski definition) is 1. The van der Waals surface area contributed by atoms with E-state index in [2.05, 4.69) is 5.32 Å². The second kappa shape index (κ2) is 12.1. The zero-order chi connectivity index (χ0) is 28.2. The molecule has 2 aliphatic rings. The minimum Gasteiger partial charge on any atom is -0.491 e. The first kappa shape index (κ1) is 28.4. The number of nitrogens with one attached hydrogen (secondary N) is 1. The van der Waals surface area contributed by atoms with Crippen molar-refractivity contribution in [2.45, 2.75) is 26.1 Å². The van der Waals surface area contributed by atoms with Gasteiger partial charge in [-0.25, -0.2) is 0 Å². The number of halogens is 3. The molecule has 210 valence electrons. The highest BCUT2D eigenvalue weighted by molar-refractivity contribution is 5.97. The van der Waals surface area contributed by atoms with Crippen molar-refractivity contribution in [3.05, 3.63) is 65.2 Å². The first-order valence-corrected chi connectivity index (χ1v) is 13.0. The highest BCUT2D eigenvalue weighted by atomic mass is 19.4. The van der Waals surface area contributed by atoms with Crippen LogP contribution >= 0.6 is 0 Å². The van der Waals surface area contributed by atoms with E-state index < -0.39 is 23.7 Å². The topological polar surface area (TPSA) is 82.2 Å². The standard InChI is InChI=1S/C28H33F3N4O4/c1-19(2)15-33-11-10-32-26(37)23-14-21(28(29,30)31)8-9-24(23)39-18-22-16-34(12-13-35(22)25(36)17-33)27(38)20-6-4-3-5-7-20/h3-9,14,19,22H,10-13,15-18H2,1-2H3,(H,32,37)/t22-/m0/s1. The number of rotatable bonds is 3. The molecule has 0 spiro atoms. The first-order valence-electron chi connectivity index (χ1n) is 13.0. The van der Waals surface area contributed by atoms with E-state index >= 15 is 0 Å². The summed E-state index contributed by atoms with van der Waals surface area (Å²) in [6.45, 7) is 5.97. The number of benzene rings is 2. The number of ether oxygens (including phenoxy) is 1. The fourth-order valence-electron chi connectivity index (χ4n) is 4.93. The maximum Gasteiger partial charge on any atom is 0.416 e. The third-order valence-electron chi connectivity index (χ3n) is 6.79. The molecule has 1 saturated heterocycles. The van der Waals surface area contributed by atoms with Gasteiger partial charge in [0.1, 0.15) is 12.4 Å². The summed E-state index contributed by atoms with van der Waals surface area (Å²) in [5, 5.41) is 2.67. The minimum absolute atomic E-state index is 0.0160. The Morgan fingerprint density at radius 2 is 1.82 bits per heavy atom. The summed E-state index contributed by atoms with van der Waals surface area (Å²) in [5.74, 6) is -0.764. The summed E-state index contributed by atoms with van der Waals surface area (Å²) < 4.78 is 46.2. The molecule has 0 bridgehead atoms. The maximum atomic E-state index is 13.5. The Kier molecular flexibility index (Phi) is 8.79. The Labute approximate surface area is 225 Å². The van der Waals surface area contributed by atoms with Crippen LogP contribution in [0.25, 0.3) is 0 Å². The summed E-state index contributed by atoms with van der Waals surface area (Å²) >= 11 is 0. The van der Waals surface area contributed by atoms with Crippen LogP contribution in [-0.4, -0.2) is 90.9 Å². The Hall–Kier alpha value is -3.60. The van der Waals surface area contributed by atoms with Crippen LogP contribution in [-0.2, 0) is 11.0 Å². The second-order valence-electron chi connectivity index (χ2n) is 10.3. The zero-order valence-corrected chi connectivity index (χ0v) is 22.0. The molecule has 1 atom stereocenters. The third kappa shape index (κ3) is 7.08. The molecular formula is C28H33F3N4O4. The van der Waals surface area contributed by atoms with Gasteiger partial charge in [0.05, 0.1) is 23.7 Å². The van der Waals surface area contributed by atoms with Crippen LogP contribution < -0.4 is 10.1 Å². The van der Waals surface area contributed by atoms with E-state index in [0.29, 0.717) is 25.2 Å². The van der Waals surface area contributed by atoms with Gasteiger partial charge in [-0.05, 0) is 36.2 Å². The number of hydrogen-bond acceptors (Lipinski definition) is 5. The monoisotopic (exact) mass is 546 g/mol. The number of alkyl halides is 3. The molecule has 2 aromatic rings. The van der Waals surface area contributed by atoms with Crippen molar-refractivity contribution in [1.29, 1.82) is 0 Å². The number of carbonyl (C=O) groups is 3. The fraction of sp³-hybridized carbons (Fsp3) is 0.464. The molecule has 0 unspecified atom stereocenters. The van der Waals surface area contributed by atoms with Gasteiger partial charge < -0.3 is 19.9 Å². The molecule has 0 radical (unpaired) electrons. The van der Waals surface area contributed by atoms with Gasteiger partial charge in [-0.15, -0.1) is 0 Å². The molecule has 0 aromatic heterocycles. The lowest BCUT2D eigenvalue weighted by molar-refractivity contribution is -0.138. The SMILES string of the molecule is CC(C)CN1CCNC(=O)c2cc(C(F)(F)F)ccc2OC[C@@H]2CN(C(=O)c3ccccc3)CCN2C(=O)C1. The van der Waals surface area contributed by atoms with Crippen molar-refractivity contribution in [2.75, 3.05) is 52.4 Å². The summed E-state index contributed by atoms with van der Waals surface area (Å²) in [7, 11) is 0. The fourth-order valence-corrected chi connectivity index (χ4v) is 4.93. The zero-order valence-electron chi connectivity index (χ0n) is 22.0. The highest BCUT2D eigenvalue weighted by Gasteiger charge is 2.35. The van der Waals surface area contributed by atoms with Gasteiger partial charge in [-0.2, -0.15) is 13.2 Å². The van der Waals surface area contributed by atoms with Crippen molar-refractivity contribution >= 4 is 17.7 Å². The highest BCUT2D eigenvalue weighted by Crippen LogP contribution is 2.33. The van der Waals surface area contributed by atoms with E-state index in [1.807, 2.05) is 24.8 Å². The number of carbonyl (C=O) groups excluding carboxylic acids is 3. The average Bonchev–Trinajstić information content (AvgIpc) is 2.90. The van der Waals surface area contributed by atoms with Crippen molar-refractivity contribution in [3.8, 4) is 5.75 Å². The predicted octanol–water partition coefficient (Wildman–Crippen LogP) is 3.14. The summed E-state index contributed by atoms with van der Waals surface area (Å²) in [6, 6.07) is 11.0. The van der Waals surface area contributed by atoms with Crippen LogP contribution in [0.5, 0.6) is 5.75 Å². The lowest BCUT2D eigenvalue weighted by Gasteiger charge is -2.42. The largest absolute Gasteiger partial charge is 0.491 e. The smallest absolute Gasteiger partial charge is 0.416 e. The molecule has 0 aliphatic carbocycles. The molecule has 2 aromatic carbocycles. The van der Waals surface area contributed by atoms with Gasteiger partial charge in [-0.3, -0.25) is 19.3 Å². The second-order valence-corrected chi connectivity index (χ2v) is 10.3. The van der Waals surface area contributed by atoms with Crippen LogP contribution in [0.3, 0.4) is 0 Å². The van der Waals surface area contributed by atoms with Crippen LogP contribution in [0.2, 0.25) is 0 Å². The number of fused-ring (bicyclic) bond motifs is 2. The minimum atomic E-state index is -4.63. The van der Waals surface area contributed by atoms with Gasteiger partial charge >= 0.3 is 6.18 Å². The van der Waals surface area contributed by atoms with Gasteiger partial charge in [0, 0.05) is 44.8 Å². The van der Waals surface area contributed by atoms with Crippen LogP contribution in [0.4, 0.5) is 13.2 Å². The van der Waals surface area contributed by atoms with Crippen LogP contribution in [0.15, 0.2) is 48.5 Å². The molecule has 11 heteroatoms. The van der Waals surface area contributed by atoms with E-state index in [9.17, 15) is 27.6 Å². The molecule has 2 heterocycles. The molecular weight excluding hydrogens is 513 g/mol. The molecule has 1 N–H and O–H groups in total. The Morgan fingerprint density at radius 1 is 1.08 bits per heavy atom. The lowest BCUT2D eigenvalue weighted by atomic mass is 10.1. The van der Waals surface area contributed by atoms with Crippen molar-refractivity contribution < 1.29 is 32.3 Å². The molecule has 1 fully saturated rings. The number of piperazine rings is 1. The summed E-state index contributed by atoms with van der Waals surface area (Å²) in [5.41, 5.74) is -0.669. The molecule has 2 aliphatic heterocycles. The van der Waals surface area contributed by atoms with Crippen molar-refractivity contribution in [3.63, 3.8) is 0 Å². The average molecular weight is 547 g/mol. The lowest BCUT2D eigenvalue weighted by Crippen LogP contribution is -2.60. The quantitative estimate of drug-likeness (QED) is 0.640. The normalized spacial score (nSPS) is 19.7. The Bertz CT molecular complexity index is 1190. The molecule has 4 rings (SSSR count). The maximum absolute atomic E-state index is 13.5. The van der Waals surface area contributed by atoms with Crippen molar-refractivity contribution in [1.82, 2.24) is 20.0 Å². The molecule has 0 saturated carbocycles. The van der Waals surface area contributed by atoms with E-state index in [-0.39, 0.29) is 61.8 Å². The third-order valence-corrected chi connectivity index (χ3v) is 6.79.